The first-order valence-electron chi connectivity index (χ1n) is 8.55. The lowest BCUT2D eigenvalue weighted by molar-refractivity contribution is 0.386. The zero-order valence-corrected chi connectivity index (χ0v) is 14.5. The third-order valence-corrected chi connectivity index (χ3v) is 4.50. The van der Waals surface area contributed by atoms with Gasteiger partial charge in [-0.15, -0.1) is 0 Å². The number of piperazine rings is 1. The molecule has 26 heavy (non-hydrogen) atoms. The quantitative estimate of drug-likeness (QED) is 0.755. The van der Waals surface area contributed by atoms with Crippen molar-refractivity contribution >= 4 is 5.82 Å². The maximum Gasteiger partial charge on any atom is 0.165 e. The number of pyridine rings is 1. The van der Waals surface area contributed by atoms with E-state index >= 15 is 0 Å². The van der Waals surface area contributed by atoms with Crippen molar-refractivity contribution in [2.45, 2.75) is 0 Å². The number of ether oxygens (including phenoxy) is 1. The Hall–Kier alpha value is -2.93. The molecule has 0 radical (unpaired) electrons. The van der Waals surface area contributed by atoms with Crippen molar-refractivity contribution in [1.29, 1.82) is 0 Å². The molecule has 0 saturated carbocycles. The Bertz CT molecular complexity index is 887. The molecule has 3 aromatic rings. The second kappa shape index (κ2) is 7.13. The average Bonchev–Trinajstić information content (AvgIpc) is 3.19. The second-order valence-electron chi connectivity index (χ2n) is 6.14. The van der Waals surface area contributed by atoms with Gasteiger partial charge in [-0.2, -0.15) is 0 Å². The summed E-state index contributed by atoms with van der Waals surface area (Å²) in [6.45, 7) is 3.87. The minimum Gasteiger partial charge on any atom is -0.494 e. The molecule has 0 amide bonds. The van der Waals surface area contributed by atoms with Crippen LogP contribution in [0.1, 0.15) is 0 Å². The molecule has 0 spiro atoms. The Morgan fingerprint density at radius 3 is 2.54 bits per heavy atom. The maximum absolute atomic E-state index is 13.9. The standard InChI is InChI=1S/C19H20FN5O/c1-26-17-4-2-13(10-15(17)20)16-12-23-19(24-16)14-3-5-18(22-11-14)25-8-6-21-7-9-25/h2-5,10-12,21H,6-9H2,1H3,(H,23,24). The van der Waals surface area contributed by atoms with Gasteiger partial charge in [-0.3, -0.25) is 0 Å². The predicted molar refractivity (Wildman–Crippen MR) is 98.8 cm³/mol. The van der Waals surface area contributed by atoms with Crippen molar-refractivity contribution in [1.82, 2.24) is 20.3 Å². The zero-order chi connectivity index (χ0) is 17.9. The Morgan fingerprint density at radius 2 is 1.85 bits per heavy atom. The molecule has 2 N–H and O–H groups in total. The molecule has 3 heterocycles. The van der Waals surface area contributed by atoms with Crippen LogP contribution in [0.25, 0.3) is 22.6 Å². The summed E-state index contributed by atoms with van der Waals surface area (Å²) in [5.41, 5.74) is 2.35. The van der Waals surface area contributed by atoms with Crippen LogP contribution in [0.3, 0.4) is 0 Å². The number of benzene rings is 1. The first kappa shape index (κ1) is 16.5. The van der Waals surface area contributed by atoms with Gasteiger partial charge in [0.2, 0.25) is 0 Å². The first-order valence-corrected chi connectivity index (χ1v) is 8.55. The molecule has 0 unspecified atom stereocenters. The van der Waals surface area contributed by atoms with Crippen LogP contribution in [0, 0.1) is 5.82 Å². The van der Waals surface area contributed by atoms with Gasteiger partial charge in [-0.25, -0.2) is 14.4 Å². The van der Waals surface area contributed by atoms with E-state index in [2.05, 4.69) is 25.2 Å². The van der Waals surface area contributed by atoms with Gasteiger partial charge in [0, 0.05) is 43.5 Å². The van der Waals surface area contributed by atoms with Gasteiger partial charge in [-0.05, 0) is 30.3 Å². The van der Waals surface area contributed by atoms with Crippen LogP contribution < -0.4 is 15.0 Å². The Balaban J connectivity index is 1.55. The van der Waals surface area contributed by atoms with Crippen molar-refractivity contribution in [3.8, 4) is 28.4 Å². The molecule has 0 bridgehead atoms. The minimum absolute atomic E-state index is 0.223. The van der Waals surface area contributed by atoms with Crippen molar-refractivity contribution in [2.75, 3.05) is 38.2 Å². The minimum atomic E-state index is -0.400. The number of imidazole rings is 1. The number of H-pyrrole nitrogens is 1. The Kier molecular flexibility index (Phi) is 4.53. The van der Waals surface area contributed by atoms with E-state index in [-0.39, 0.29) is 5.75 Å². The van der Waals surface area contributed by atoms with Crippen LogP contribution in [0.2, 0.25) is 0 Å². The van der Waals surface area contributed by atoms with Gasteiger partial charge in [-0.1, -0.05) is 0 Å². The van der Waals surface area contributed by atoms with E-state index in [0.29, 0.717) is 11.4 Å². The molecule has 7 heteroatoms. The van der Waals surface area contributed by atoms with E-state index in [4.69, 9.17) is 4.74 Å². The number of rotatable bonds is 4. The predicted octanol–water partition coefficient (Wildman–Crippen LogP) is 2.70. The molecule has 1 aliphatic rings. The van der Waals surface area contributed by atoms with E-state index in [9.17, 15) is 4.39 Å². The number of hydrogen-bond acceptors (Lipinski definition) is 5. The summed E-state index contributed by atoms with van der Waals surface area (Å²) in [6, 6.07) is 8.85. The van der Waals surface area contributed by atoms with Crippen molar-refractivity contribution in [2.24, 2.45) is 0 Å². The van der Waals surface area contributed by atoms with Gasteiger partial charge in [0.15, 0.2) is 11.6 Å². The highest BCUT2D eigenvalue weighted by Gasteiger charge is 2.13. The van der Waals surface area contributed by atoms with Crippen molar-refractivity contribution in [3.63, 3.8) is 0 Å². The number of nitrogens with one attached hydrogen (secondary N) is 2. The molecule has 1 saturated heterocycles. The third kappa shape index (κ3) is 3.25. The maximum atomic E-state index is 13.9. The highest BCUT2D eigenvalue weighted by molar-refractivity contribution is 5.65. The fourth-order valence-corrected chi connectivity index (χ4v) is 3.06. The number of hydrogen-bond donors (Lipinski definition) is 2. The first-order chi connectivity index (χ1) is 12.7. The van der Waals surface area contributed by atoms with Crippen LogP contribution in [0.15, 0.2) is 42.7 Å². The Labute approximate surface area is 151 Å². The van der Waals surface area contributed by atoms with Crippen LogP contribution in [-0.2, 0) is 0 Å². The summed E-state index contributed by atoms with van der Waals surface area (Å²) in [5, 5.41) is 3.33. The summed E-state index contributed by atoms with van der Waals surface area (Å²) >= 11 is 0. The number of methoxy groups -OCH3 is 1. The number of aromatic amines is 1. The van der Waals surface area contributed by atoms with E-state index in [1.807, 2.05) is 18.3 Å². The zero-order valence-electron chi connectivity index (χ0n) is 14.5. The molecule has 6 nitrogen and oxygen atoms in total. The highest BCUT2D eigenvalue weighted by atomic mass is 19.1. The fourth-order valence-electron chi connectivity index (χ4n) is 3.06. The number of anilines is 1. The largest absolute Gasteiger partial charge is 0.494 e. The molecular weight excluding hydrogens is 333 g/mol. The number of nitrogens with zero attached hydrogens (tertiary/aromatic N) is 3. The number of halogens is 1. The topological polar surface area (TPSA) is 66.1 Å². The molecule has 1 aliphatic heterocycles. The van der Waals surface area contributed by atoms with E-state index in [0.717, 1.165) is 43.3 Å². The monoisotopic (exact) mass is 353 g/mol. The van der Waals surface area contributed by atoms with Crippen LogP contribution >= 0.6 is 0 Å². The smallest absolute Gasteiger partial charge is 0.165 e. The summed E-state index contributed by atoms with van der Waals surface area (Å²) in [6.07, 6.45) is 3.51. The highest BCUT2D eigenvalue weighted by Crippen LogP contribution is 2.26. The summed E-state index contributed by atoms with van der Waals surface area (Å²) in [7, 11) is 1.45. The lowest BCUT2D eigenvalue weighted by Crippen LogP contribution is -2.43. The molecule has 1 fully saturated rings. The molecule has 4 rings (SSSR count). The normalized spacial score (nSPS) is 14.5. The van der Waals surface area contributed by atoms with Crippen LogP contribution in [0.5, 0.6) is 5.75 Å². The molecular formula is C19H20FN5O. The van der Waals surface area contributed by atoms with Crippen LogP contribution in [-0.4, -0.2) is 48.2 Å². The molecule has 2 aromatic heterocycles. The summed E-state index contributed by atoms with van der Waals surface area (Å²) in [5.74, 6) is 1.50. The van der Waals surface area contributed by atoms with E-state index in [1.54, 1.807) is 18.3 Å². The molecule has 0 atom stereocenters. The van der Waals surface area contributed by atoms with E-state index < -0.39 is 5.82 Å². The summed E-state index contributed by atoms with van der Waals surface area (Å²) < 4.78 is 18.9. The molecule has 1 aromatic carbocycles. The summed E-state index contributed by atoms with van der Waals surface area (Å²) in [4.78, 5) is 14.4. The second-order valence-corrected chi connectivity index (χ2v) is 6.14. The van der Waals surface area contributed by atoms with Crippen molar-refractivity contribution < 1.29 is 9.13 Å². The van der Waals surface area contributed by atoms with Gasteiger partial charge >= 0.3 is 0 Å². The number of aromatic nitrogens is 3. The third-order valence-electron chi connectivity index (χ3n) is 4.50. The van der Waals surface area contributed by atoms with Gasteiger partial charge in [0.25, 0.3) is 0 Å². The van der Waals surface area contributed by atoms with Crippen molar-refractivity contribution in [3.05, 3.63) is 48.5 Å². The van der Waals surface area contributed by atoms with Gasteiger partial charge in [0.05, 0.1) is 19.0 Å². The van der Waals surface area contributed by atoms with Gasteiger partial charge in [0.1, 0.15) is 11.6 Å². The average molecular weight is 353 g/mol. The molecule has 0 aliphatic carbocycles. The lowest BCUT2D eigenvalue weighted by Gasteiger charge is -2.28. The van der Waals surface area contributed by atoms with Gasteiger partial charge < -0.3 is 19.9 Å². The van der Waals surface area contributed by atoms with Crippen LogP contribution in [0.4, 0.5) is 10.2 Å². The van der Waals surface area contributed by atoms with E-state index in [1.165, 1.54) is 13.2 Å². The fraction of sp³-hybridized carbons (Fsp3) is 0.263. The SMILES string of the molecule is COc1ccc(-c2cnc(-c3ccc(N4CCNCC4)nc3)[nH]2)cc1F. The lowest BCUT2D eigenvalue weighted by atomic mass is 10.1. The molecule has 134 valence electrons. The Morgan fingerprint density at radius 1 is 1.04 bits per heavy atom.